The van der Waals surface area contributed by atoms with E-state index in [4.69, 9.17) is 14.5 Å². The number of ether oxygens (including phenoxy) is 2. The summed E-state index contributed by atoms with van der Waals surface area (Å²) in [6, 6.07) is 5.64. The van der Waals surface area contributed by atoms with Crippen LogP contribution in [0.15, 0.2) is 43.1 Å². The zero-order valence-electron chi connectivity index (χ0n) is 33.9. The van der Waals surface area contributed by atoms with Gasteiger partial charge in [0, 0.05) is 35.9 Å². The van der Waals surface area contributed by atoms with E-state index in [9.17, 15) is 27.6 Å². The molecule has 4 amide bonds. The summed E-state index contributed by atoms with van der Waals surface area (Å²) < 4.78 is 42.5. The van der Waals surface area contributed by atoms with Crippen LogP contribution in [-0.2, 0) is 35.7 Å². The van der Waals surface area contributed by atoms with Gasteiger partial charge in [0.05, 0.1) is 23.9 Å². The normalized spacial score (nSPS) is 27.3. The van der Waals surface area contributed by atoms with Crippen LogP contribution in [0.5, 0.6) is 5.88 Å². The summed E-state index contributed by atoms with van der Waals surface area (Å²) in [6.07, 6.45) is 6.94. The molecule has 1 aromatic carbocycles. The molecule has 4 aliphatic rings. The summed E-state index contributed by atoms with van der Waals surface area (Å²) in [4.78, 5) is 62.7. The smallest absolute Gasteiger partial charge is 0.407 e. The Morgan fingerprint density at radius 2 is 1.84 bits per heavy atom. The summed E-state index contributed by atoms with van der Waals surface area (Å²) in [5.74, 6) is -2.13. The maximum atomic E-state index is 14.8. The molecule has 1 saturated heterocycles. The molecule has 308 valence electrons. The highest BCUT2D eigenvalue weighted by atomic mass is 32.2. The first-order valence-corrected chi connectivity index (χ1v) is 21.7. The lowest BCUT2D eigenvalue weighted by Gasteiger charge is -2.35. The number of nitrogens with one attached hydrogen (secondary N) is 3. The molecule has 2 aliphatic heterocycles. The second-order valence-electron chi connectivity index (χ2n) is 18.3. The van der Waals surface area contributed by atoms with Crippen LogP contribution in [0.3, 0.4) is 0 Å². The number of cyclic esters (lactones) is 1. The lowest BCUT2D eigenvalue weighted by atomic mass is 9.85. The first kappa shape index (κ1) is 40.5. The summed E-state index contributed by atoms with van der Waals surface area (Å²) in [6.45, 7) is 16.3. The Bertz CT molecular complexity index is 2220. The van der Waals surface area contributed by atoms with Gasteiger partial charge in [0.1, 0.15) is 29.2 Å². The van der Waals surface area contributed by atoms with E-state index in [0.717, 1.165) is 59.6 Å². The average molecular weight is 805 g/mol. The number of para-hydroxylation sites is 1. The topological polar surface area (TPSA) is 178 Å². The maximum Gasteiger partial charge on any atom is 0.407 e. The highest BCUT2D eigenvalue weighted by Gasteiger charge is 2.62. The van der Waals surface area contributed by atoms with Gasteiger partial charge in [-0.3, -0.25) is 19.1 Å². The van der Waals surface area contributed by atoms with Crippen LogP contribution in [0, 0.1) is 23.7 Å². The molecule has 7 rings (SSSR count). The molecule has 5 atom stereocenters. The Hall–Kier alpha value is -4.66. The van der Waals surface area contributed by atoms with Crippen LogP contribution in [0.1, 0.15) is 91.5 Å². The van der Waals surface area contributed by atoms with Gasteiger partial charge in [-0.15, -0.1) is 6.58 Å². The van der Waals surface area contributed by atoms with Crippen LogP contribution in [0.4, 0.5) is 4.79 Å². The number of carbonyl (C=O) groups excluding carboxylic acids is 4. The van der Waals surface area contributed by atoms with Gasteiger partial charge in [-0.2, -0.15) is 0 Å². The number of hydrogen-bond acceptors (Lipinski definition) is 9. The van der Waals surface area contributed by atoms with Gasteiger partial charge < -0.3 is 29.6 Å². The summed E-state index contributed by atoms with van der Waals surface area (Å²) in [5.41, 5.74) is -0.00998. The van der Waals surface area contributed by atoms with Crippen LogP contribution < -0.4 is 20.1 Å². The number of alkyl carbamates (subject to hydrolysis) is 1. The van der Waals surface area contributed by atoms with Crippen molar-refractivity contribution in [2.24, 2.45) is 16.7 Å². The number of rotatable bonds is 6. The van der Waals surface area contributed by atoms with Crippen molar-refractivity contribution in [3.8, 4) is 5.88 Å². The lowest BCUT2D eigenvalue weighted by Crippen LogP contribution is -2.60. The minimum atomic E-state index is -3.91. The van der Waals surface area contributed by atoms with E-state index >= 15 is 0 Å². The van der Waals surface area contributed by atoms with Gasteiger partial charge in [0.2, 0.25) is 27.7 Å². The van der Waals surface area contributed by atoms with Crippen molar-refractivity contribution < 1.29 is 37.1 Å². The lowest BCUT2D eigenvalue weighted by molar-refractivity contribution is -0.142. The first-order valence-electron chi connectivity index (χ1n) is 20.1. The second-order valence-corrected chi connectivity index (χ2v) is 20.3. The highest BCUT2D eigenvalue weighted by Crippen LogP contribution is 2.46. The van der Waals surface area contributed by atoms with Crippen LogP contribution in [0.25, 0.3) is 21.8 Å². The number of aromatic nitrogens is 2. The number of fused-ring (bicyclic) bond motifs is 4. The van der Waals surface area contributed by atoms with Crippen LogP contribution in [-0.4, -0.2) is 88.8 Å². The third-order valence-corrected chi connectivity index (χ3v) is 13.8. The number of amides is 4. The molecule has 0 unspecified atom stereocenters. The number of carbonyl (C=O) groups is 4. The van der Waals surface area contributed by atoms with Gasteiger partial charge >= 0.3 is 6.09 Å². The molecule has 4 heterocycles. The molecule has 0 radical (unpaired) electrons. The molecule has 15 heteroatoms. The van der Waals surface area contributed by atoms with E-state index in [1.54, 1.807) is 0 Å². The first-order chi connectivity index (χ1) is 26.8. The monoisotopic (exact) mass is 804 g/mol. The molecular formula is C42H56N6O8S. The SMILES string of the molecule is C=C[C@@H]1C[C@]1(NC(=O)[C@@H]1C[C@@H]2CN1C(=O)[C@H](C(C)(C)C)NC(=O)OCC(C)(C)CCCCCn1cc(C)c3c4ccccc4nc(c31)O2)C(=O)NS(=O)(=O)C1CC1. The number of aryl methyl sites for hydroxylation is 2. The van der Waals surface area contributed by atoms with E-state index in [2.05, 4.69) is 53.5 Å². The zero-order valence-corrected chi connectivity index (χ0v) is 34.7. The molecular weight excluding hydrogens is 749 g/mol. The van der Waals surface area contributed by atoms with E-state index in [-0.39, 0.29) is 31.4 Å². The quantitative estimate of drug-likeness (QED) is 0.281. The van der Waals surface area contributed by atoms with Gasteiger partial charge in [-0.05, 0) is 61.5 Å². The van der Waals surface area contributed by atoms with E-state index in [0.29, 0.717) is 18.7 Å². The Balaban J connectivity index is 1.27. The largest absolute Gasteiger partial charge is 0.471 e. The molecule has 3 fully saturated rings. The van der Waals surface area contributed by atoms with Gasteiger partial charge in [-0.1, -0.05) is 71.7 Å². The Morgan fingerprint density at radius 3 is 2.53 bits per heavy atom. The fourth-order valence-corrected chi connectivity index (χ4v) is 9.75. The van der Waals surface area contributed by atoms with Gasteiger partial charge in [0.15, 0.2) is 0 Å². The molecule has 3 aromatic rings. The minimum Gasteiger partial charge on any atom is -0.471 e. The van der Waals surface area contributed by atoms with Crippen molar-refractivity contribution in [1.82, 2.24) is 29.8 Å². The minimum absolute atomic E-state index is 0.0247. The Labute approximate surface area is 334 Å². The fourth-order valence-electron chi connectivity index (χ4n) is 8.39. The average Bonchev–Trinajstić information content (AvgIpc) is 4.05. The molecule has 2 aliphatic carbocycles. The van der Waals surface area contributed by atoms with Gasteiger partial charge in [-0.25, -0.2) is 18.2 Å². The number of benzene rings is 1. The van der Waals surface area contributed by atoms with E-state index < -0.39 is 74.1 Å². The molecule has 14 nitrogen and oxygen atoms in total. The Morgan fingerprint density at radius 1 is 1.11 bits per heavy atom. The summed E-state index contributed by atoms with van der Waals surface area (Å²) in [5, 5.41) is 7.03. The molecule has 2 bridgehead atoms. The summed E-state index contributed by atoms with van der Waals surface area (Å²) >= 11 is 0. The highest BCUT2D eigenvalue weighted by molar-refractivity contribution is 7.91. The fraction of sp³-hybridized carbons (Fsp3) is 0.595. The Kier molecular flexibility index (Phi) is 10.6. The predicted molar refractivity (Wildman–Crippen MR) is 216 cm³/mol. The van der Waals surface area contributed by atoms with E-state index in [1.807, 2.05) is 45.0 Å². The van der Waals surface area contributed by atoms with Crippen molar-refractivity contribution in [2.45, 2.75) is 128 Å². The van der Waals surface area contributed by atoms with E-state index in [1.165, 1.54) is 11.0 Å². The number of nitrogens with zero attached hydrogens (tertiary/aromatic N) is 3. The summed E-state index contributed by atoms with van der Waals surface area (Å²) in [7, 11) is -3.91. The zero-order chi connectivity index (χ0) is 41.1. The molecule has 57 heavy (non-hydrogen) atoms. The second kappa shape index (κ2) is 14.9. The number of pyridine rings is 1. The van der Waals surface area contributed by atoms with Crippen molar-refractivity contribution in [1.29, 1.82) is 0 Å². The van der Waals surface area contributed by atoms with Crippen molar-refractivity contribution in [3.05, 3.63) is 48.7 Å². The third kappa shape index (κ3) is 8.22. The third-order valence-electron chi connectivity index (χ3n) is 12.0. The molecule has 2 saturated carbocycles. The van der Waals surface area contributed by atoms with Crippen LogP contribution >= 0.6 is 0 Å². The number of sulfonamides is 1. The van der Waals surface area contributed by atoms with Crippen molar-refractivity contribution in [2.75, 3.05) is 13.2 Å². The molecule has 0 spiro atoms. The molecule has 2 aromatic heterocycles. The standard InChI is InChI=1S/C42H56N6O8S/c1-8-26-21-42(26,38(51)46-57(53,54)28-16-17-28)45-35(49)31-20-27-23-48(31)37(50)34(40(3,4)5)44-39(52)55-24-41(6,7)18-12-9-13-19-47-22-25(2)32-29-14-10-11-15-30(29)43-36(56-27)33(32)47/h8,10-11,14-15,22,26-28,31,34H,1,9,12-13,16-21,23-24H2,2-7H3,(H,44,52)(H,45,49)(H,46,51)/t26-,27-,31+,34-,42-/m1/s1. The molecule has 3 N–H and O–H groups in total. The maximum absolute atomic E-state index is 14.8. The predicted octanol–water partition coefficient (Wildman–Crippen LogP) is 5.26. The van der Waals surface area contributed by atoms with Gasteiger partial charge in [0.25, 0.3) is 5.91 Å². The number of hydrogen-bond donors (Lipinski definition) is 3. The van der Waals surface area contributed by atoms with Crippen LogP contribution in [0.2, 0.25) is 0 Å². The van der Waals surface area contributed by atoms with Crippen molar-refractivity contribution in [3.63, 3.8) is 0 Å². The van der Waals surface area contributed by atoms with Crippen molar-refractivity contribution >= 4 is 55.6 Å².